The van der Waals surface area contributed by atoms with E-state index in [9.17, 15) is 0 Å². The van der Waals surface area contributed by atoms with Crippen LogP contribution in [0.1, 0.15) is 32.6 Å². The van der Waals surface area contributed by atoms with Crippen LogP contribution in [0.3, 0.4) is 0 Å². The summed E-state index contributed by atoms with van der Waals surface area (Å²) in [6.45, 7) is 6.07. The Kier molecular flexibility index (Phi) is 7.01. The molecule has 96 valence electrons. The quantitative estimate of drug-likeness (QED) is 0.672. The largest absolute Gasteiger partial charge is 0.379 e. The first-order valence-electron chi connectivity index (χ1n) is 6.64. The highest BCUT2D eigenvalue weighted by molar-refractivity contribution is 4.74. The number of rotatable bonds is 7. The van der Waals surface area contributed by atoms with Crippen LogP contribution < -0.4 is 5.32 Å². The van der Waals surface area contributed by atoms with E-state index in [1.807, 2.05) is 0 Å². The third-order valence-corrected chi connectivity index (χ3v) is 3.38. The van der Waals surface area contributed by atoms with Gasteiger partial charge in [0.25, 0.3) is 0 Å². The smallest absolute Gasteiger partial charge is 0.0593 e. The fourth-order valence-corrected chi connectivity index (χ4v) is 2.15. The highest BCUT2D eigenvalue weighted by atomic mass is 16.5. The van der Waals surface area contributed by atoms with E-state index in [1.165, 1.54) is 25.7 Å². The SMILES string of the molecule is CC1CCC(NCCOCCN(C)C)CC1. The Morgan fingerprint density at radius 3 is 2.44 bits per heavy atom. The highest BCUT2D eigenvalue weighted by Gasteiger charge is 2.16. The molecular weight excluding hydrogens is 200 g/mol. The molecule has 1 rings (SSSR count). The molecule has 0 aromatic heterocycles. The number of hydrogen-bond acceptors (Lipinski definition) is 3. The van der Waals surface area contributed by atoms with Gasteiger partial charge in [0.05, 0.1) is 13.2 Å². The molecule has 1 N–H and O–H groups in total. The maximum Gasteiger partial charge on any atom is 0.0593 e. The van der Waals surface area contributed by atoms with Crippen molar-refractivity contribution in [2.24, 2.45) is 5.92 Å². The summed E-state index contributed by atoms with van der Waals surface area (Å²) in [5, 5.41) is 3.59. The van der Waals surface area contributed by atoms with Crippen LogP contribution in [0.2, 0.25) is 0 Å². The maximum absolute atomic E-state index is 5.55. The van der Waals surface area contributed by atoms with Crippen molar-refractivity contribution >= 4 is 0 Å². The van der Waals surface area contributed by atoms with Crippen LogP contribution in [0.25, 0.3) is 0 Å². The molecule has 0 unspecified atom stereocenters. The summed E-state index contributed by atoms with van der Waals surface area (Å²) in [4.78, 5) is 2.15. The minimum absolute atomic E-state index is 0.744. The van der Waals surface area contributed by atoms with Gasteiger partial charge in [0, 0.05) is 19.1 Å². The monoisotopic (exact) mass is 228 g/mol. The van der Waals surface area contributed by atoms with Crippen LogP contribution >= 0.6 is 0 Å². The second kappa shape index (κ2) is 8.04. The number of ether oxygens (including phenoxy) is 1. The lowest BCUT2D eigenvalue weighted by Gasteiger charge is -2.27. The van der Waals surface area contributed by atoms with E-state index < -0.39 is 0 Å². The predicted octanol–water partition coefficient (Wildman–Crippen LogP) is 1.73. The third-order valence-electron chi connectivity index (χ3n) is 3.38. The van der Waals surface area contributed by atoms with E-state index >= 15 is 0 Å². The van der Waals surface area contributed by atoms with E-state index in [0.29, 0.717) is 0 Å². The zero-order valence-corrected chi connectivity index (χ0v) is 11.2. The van der Waals surface area contributed by atoms with Crippen LogP contribution in [-0.4, -0.2) is 51.3 Å². The van der Waals surface area contributed by atoms with Crippen molar-refractivity contribution in [1.82, 2.24) is 10.2 Å². The van der Waals surface area contributed by atoms with Gasteiger partial charge in [-0.3, -0.25) is 0 Å². The molecule has 0 aromatic rings. The summed E-state index contributed by atoms with van der Waals surface area (Å²) in [6, 6.07) is 0.744. The molecule has 1 aliphatic rings. The van der Waals surface area contributed by atoms with Gasteiger partial charge in [-0.15, -0.1) is 0 Å². The second-order valence-corrected chi connectivity index (χ2v) is 5.33. The first-order chi connectivity index (χ1) is 7.68. The lowest BCUT2D eigenvalue weighted by Crippen LogP contribution is -2.35. The van der Waals surface area contributed by atoms with Crippen LogP contribution in [0.15, 0.2) is 0 Å². The predicted molar refractivity (Wildman–Crippen MR) is 68.8 cm³/mol. The molecule has 1 saturated carbocycles. The minimum atomic E-state index is 0.744. The van der Waals surface area contributed by atoms with Crippen LogP contribution in [0.4, 0.5) is 0 Å². The summed E-state index contributed by atoms with van der Waals surface area (Å²) in [5.74, 6) is 0.939. The number of nitrogens with zero attached hydrogens (tertiary/aromatic N) is 1. The second-order valence-electron chi connectivity index (χ2n) is 5.33. The summed E-state index contributed by atoms with van der Waals surface area (Å²) in [7, 11) is 4.15. The molecule has 0 spiro atoms. The first-order valence-corrected chi connectivity index (χ1v) is 6.64. The molecule has 16 heavy (non-hydrogen) atoms. The molecule has 3 heteroatoms. The number of nitrogens with one attached hydrogen (secondary N) is 1. The molecule has 0 heterocycles. The van der Waals surface area contributed by atoms with Crippen molar-refractivity contribution in [3.8, 4) is 0 Å². The number of likely N-dealkylation sites (N-methyl/N-ethyl adjacent to an activating group) is 1. The van der Waals surface area contributed by atoms with Crippen molar-refractivity contribution in [2.75, 3.05) is 40.4 Å². The summed E-state index contributed by atoms with van der Waals surface area (Å²) >= 11 is 0. The normalized spacial score (nSPS) is 26.2. The Balaban J connectivity index is 1.87. The Labute approximate surface area is 101 Å². The van der Waals surface area contributed by atoms with Gasteiger partial charge in [-0.25, -0.2) is 0 Å². The van der Waals surface area contributed by atoms with E-state index in [-0.39, 0.29) is 0 Å². The summed E-state index contributed by atoms with van der Waals surface area (Å²) in [5.41, 5.74) is 0. The van der Waals surface area contributed by atoms with Crippen LogP contribution in [0.5, 0.6) is 0 Å². The fourth-order valence-electron chi connectivity index (χ4n) is 2.15. The lowest BCUT2D eigenvalue weighted by atomic mass is 9.87. The van der Waals surface area contributed by atoms with Crippen molar-refractivity contribution in [1.29, 1.82) is 0 Å². The molecule has 0 saturated heterocycles. The lowest BCUT2D eigenvalue weighted by molar-refractivity contribution is 0.115. The van der Waals surface area contributed by atoms with E-state index in [0.717, 1.165) is 38.3 Å². The summed E-state index contributed by atoms with van der Waals surface area (Å²) < 4.78 is 5.55. The van der Waals surface area contributed by atoms with Crippen molar-refractivity contribution in [2.45, 2.75) is 38.6 Å². The van der Waals surface area contributed by atoms with Gasteiger partial charge in [0.2, 0.25) is 0 Å². The van der Waals surface area contributed by atoms with E-state index in [1.54, 1.807) is 0 Å². The van der Waals surface area contributed by atoms with Crippen LogP contribution in [0, 0.1) is 5.92 Å². The molecule has 0 bridgehead atoms. The van der Waals surface area contributed by atoms with Gasteiger partial charge in [0.1, 0.15) is 0 Å². The Bertz CT molecular complexity index is 165. The van der Waals surface area contributed by atoms with Gasteiger partial charge < -0.3 is 15.0 Å². The van der Waals surface area contributed by atoms with Gasteiger partial charge in [0.15, 0.2) is 0 Å². The van der Waals surface area contributed by atoms with Crippen molar-refractivity contribution in [3.05, 3.63) is 0 Å². The standard InChI is InChI=1S/C13H28N2O/c1-12-4-6-13(7-5-12)14-8-10-16-11-9-15(2)3/h12-14H,4-11H2,1-3H3. The Morgan fingerprint density at radius 1 is 1.12 bits per heavy atom. The van der Waals surface area contributed by atoms with E-state index in [4.69, 9.17) is 4.74 Å². The Morgan fingerprint density at radius 2 is 1.81 bits per heavy atom. The molecule has 1 fully saturated rings. The molecule has 0 radical (unpaired) electrons. The van der Waals surface area contributed by atoms with Crippen molar-refractivity contribution in [3.63, 3.8) is 0 Å². The van der Waals surface area contributed by atoms with Gasteiger partial charge in [-0.1, -0.05) is 6.92 Å². The van der Waals surface area contributed by atoms with Crippen molar-refractivity contribution < 1.29 is 4.74 Å². The molecule has 0 aromatic carbocycles. The average Bonchev–Trinajstić information content (AvgIpc) is 2.25. The highest BCUT2D eigenvalue weighted by Crippen LogP contribution is 2.23. The number of hydrogen-bond donors (Lipinski definition) is 1. The zero-order valence-electron chi connectivity index (χ0n) is 11.2. The van der Waals surface area contributed by atoms with Gasteiger partial charge >= 0.3 is 0 Å². The van der Waals surface area contributed by atoms with E-state index in [2.05, 4.69) is 31.2 Å². The fraction of sp³-hybridized carbons (Fsp3) is 1.00. The molecule has 0 amide bonds. The first kappa shape index (κ1) is 13.9. The Hall–Kier alpha value is -0.120. The average molecular weight is 228 g/mol. The summed E-state index contributed by atoms with van der Waals surface area (Å²) in [6.07, 6.45) is 5.47. The minimum Gasteiger partial charge on any atom is -0.379 e. The molecule has 3 nitrogen and oxygen atoms in total. The molecule has 1 aliphatic carbocycles. The van der Waals surface area contributed by atoms with Gasteiger partial charge in [-0.05, 0) is 45.7 Å². The zero-order chi connectivity index (χ0) is 11.8. The molecular formula is C13H28N2O. The molecule has 0 atom stereocenters. The topological polar surface area (TPSA) is 24.5 Å². The maximum atomic E-state index is 5.55. The molecule has 0 aliphatic heterocycles. The van der Waals surface area contributed by atoms with Gasteiger partial charge in [-0.2, -0.15) is 0 Å². The third kappa shape index (κ3) is 6.46. The van der Waals surface area contributed by atoms with Crippen LogP contribution in [-0.2, 0) is 4.74 Å².